The lowest BCUT2D eigenvalue weighted by atomic mass is 9.98. The van der Waals surface area contributed by atoms with E-state index >= 15 is 0 Å². The number of nitrogens with zero attached hydrogens (tertiary/aromatic N) is 1. The van der Waals surface area contributed by atoms with Crippen molar-refractivity contribution >= 4 is 0 Å². The molecule has 0 unspecified atom stereocenters. The Hall–Kier alpha value is -1.85. The van der Waals surface area contributed by atoms with Gasteiger partial charge in [0.15, 0.2) is 0 Å². The Bertz CT molecular complexity index is 650. The van der Waals surface area contributed by atoms with Crippen LogP contribution in [0.5, 0.6) is 0 Å². The molecule has 5 heteroatoms. The van der Waals surface area contributed by atoms with Crippen LogP contribution < -0.4 is 0 Å². The molecule has 0 bridgehead atoms. The van der Waals surface area contributed by atoms with Crippen LogP contribution in [0.25, 0.3) is 0 Å². The zero-order chi connectivity index (χ0) is 17.7. The minimum Gasteiger partial charge on any atom is -0.367 e. The summed E-state index contributed by atoms with van der Waals surface area (Å²) >= 11 is 0. The highest BCUT2D eigenvalue weighted by Crippen LogP contribution is 2.33. The summed E-state index contributed by atoms with van der Waals surface area (Å²) in [5.74, 6) is 0. The van der Waals surface area contributed by atoms with Gasteiger partial charge in [0.25, 0.3) is 0 Å². The summed E-state index contributed by atoms with van der Waals surface area (Å²) in [5, 5.41) is 0. The molecule has 0 aliphatic heterocycles. The smallest absolute Gasteiger partial charge is 0.367 e. The van der Waals surface area contributed by atoms with Crippen molar-refractivity contribution in [2.75, 3.05) is 27.2 Å². The Morgan fingerprint density at radius 1 is 1.00 bits per heavy atom. The average molecular weight is 337 g/mol. The van der Waals surface area contributed by atoms with Crippen LogP contribution in [-0.2, 0) is 10.9 Å². The number of benzene rings is 2. The van der Waals surface area contributed by atoms with Gasteiger partial charge in [0.2, 0.25) is 0 Å². The summed E-state index contributed by atoms with van der Waals surface area (Å²) in [4.78, 5) is 1.97. The fourth-order valence-corrected chi connectivity index (χ4v) is 2.36. The zero-order valence-electron chi connectivity index (χ0n) is 14.1. The Labute approximate surface area is 140 Å². The molecule has 0 fully saturated rings. The predicted octanol–water partition coefficient (Wildman–Crippen LogP) is 4.68. The molecule has 130 valence electrons. The van der Waals surface area contributed by atoms with Crippen LogP contribution >= 0.6 is 0 Å². The van der Waals surface area contributed by atoms with Gasteiger partial charge in [-0.3, -0.25) is 0 Å². The second-order valence-corrected chi connectivity index (χ2v) is 6.09. The number of hydrogen-bond donors (Lipinski definition) is 0. The van der Waals surface area contributed by atoms with Crippen LogP contribution in [0.2, 0.25) is 0 Å². The van der Waals surface area contributed by atoms with Crippen LogP contribution in [0.4, 0.5) is 13.2 Å². The van der Waals surface area contributed by atoms with E-state index in [9.17, 15) is 13.2 Å². The lowest BCUT2D eigenvalue weighted by Gasteiger charge is -2.21. The zero-order valence-corrected chi connectivity index (χ0v) is 14.1. The quantitative estimate of drug-likeness (QED) is 0.759. The van der Waals surface area contributed by atoms with Gasteiger partial charge in [-0.05, 0) is 44.3 Å². The fourth-order valence-electron chi connectivity index (χ4n) is 2.36. The number of likely N-dealkylation sites (N-methyl/N-ethyl adjacent to an activating group) is 1. The summed E-state index contributed by atoms with van der Waals surface area (Å²) < 4.78 is 44.9. The lowest BCUT2D eigenvalue weighted by molar-refractivity contribution is -0.137. The Morgan fingerprint density at radius 3 is 2.25 bits per heavy atom. The van der Waals surface area contributed by atoms with Crippen molar-refractivity contribution in [1.29, 1.82) is 0 Å². The molecule has 0 N–H and O–H groups in total. The molecular weight excluding hydrogens is 315 g/mol. The molecule has 0 aliphatic carbocycles. The van der Waals surface area contributed by atoms with Crippen LogP contribution in [0.15, 0.2) is 48.5 Å². The van der Waals surface area contributed by atoms with E-state index in [1.165, 1.54) is 12.1 Å². The van der Waals surface area contributed by atoms with Gasteiger partial charge in [0.1, 0.15) is 6.10 Å². The SMILES string of the molecule is Cc1ccc([C@@H](OCCN(C)C)c2cccc(C(F)(F)F)c2)cc1. The molecule has 0 spiro atoms. The molecule has 0 saturated heterocycles. The Morgan fingerprint density at radius 2 is 1.67 bits per heavy atom. The summed E-state index contributed by atoms with van der Waals surface area (Å²) in [6.07, 6.45) is -4.88. The first-order valence-electron chi connectivity index (χ1n) is 7.77. The maximum atomic E-state index is 13.0. The second-order valence-electron chi connectivity index (χ2n) is 6.09. The number of hydrogen-bond acceptors (Lipinski definition) is 2. The van der Waals surface area contributed by atoms with E-state index in [-0.39, 0.29) is 0 Å². The van der Waals surface area contributed by atoms with Gasteiger partial charge >= 0.3 is 6.18 Å². The standard InChI is InChI=1S/C19H22F3NO/c1-14-7-9-15(10-8-14)18(24-12-11-23(2)3)16-5-4-6-17(13-16)19(20,21)22/h4-10,13,18H,11-12H2,1-3H3/t18-/m1/s1. The van der Waals surface area contributed by atoms with E-state index in [1.54, 1.807) is 6.07 Å². The summed E-state index contributed by atoms with van der Waals surface area (Å²) in [7, 11) is 3.85. The topological polar surface area (TPSA) is 12.5 Å². The van der Waals surface area contributed by atoms with Crippen LogP contribution in [0, 0.1) is 6.92 Å². The van der Waals surface area contributed by atoms with Crippen molar-refractivity contribution < 1.29 is 17.9 Å². The maximum absolute atomic E-state index is 13.0. The van der Waals surface area contributed by atoms with Gasteiger partial charge in [-0.1, -0.05) is 42.0 Å². The summed E-state index contributed by atoms with van der Waals surface area (Å²) in [6.45, 7) is 3.10. The van der Waals surface area contributed by atoms with Crippen molar-refractivity contribution in [2.45, 2.75) is 19.2 Å². The highest BCUT2D eigenvalue weighted by Gasteiger charge is 2.31. The monoisotopic (exact) mass is 337 g/mol. The molecule has 2 nitrogen and oxygen atoms in total. The number of alkyl halides is 3. The first kappa shape index (κ1) is 18.5. The molecule has 0 amide bonds. The van der Waals surface area contributed by atoms with Crippen molar-refractivity contribution in [3.05, 3.63) is 70.8 Å². The molecule has 24 heavy (non-hydrogen) atoms. The number of halogens is 3. The minimum atomic E-state index is -4.36. The van der Waals surface area contributed by atoms with Gasteiger partial charge in [-0.25, -0.2) is 0 Å². The first-order valence-corrected chi connectivity index (χ1v) is 7.77. The van der Waals surface area contributed by atoms with Gasteiger partial charge in [0.05, 0.1) is 12.2 Å². The molecule has 2 aromatic carbocycles. The fraction of sp³-hybridized carbons (Fsp3) is 0.368. The van der Waals surface area contributed by atoms with Gasteiger partial charge in [0, 0.05) is 6.54 Å². The number of aryl methyl sites for hydroxylation is 1. The van der Waals surface area contributed by atoms with E-state index < -0.39 is 17.8 Å². The molecule has 2 aromatic rings. The van der Waals surface area contributed by atoms with E-state index in [2.05, 4.69) is 0 Å². The van der Waals surface area contributed by atoms with E-state index in [1.807, 2.05) is 50.2 Å². The predicted molar refractivity (Wildman–Crippen MR) is 89.0 cm³/mol. The van der Waals surface area contributed by atoms with Gasteiger partial charge < -0.3 is 9.64 Å². The minimum absolute atomic E-state index is 0.432. The highest BCUT2D eigenvalue weighted by atomic mass is 19.4. The van der Waals surface area contributed by atoms with Gasteiger partial charge in [-0.2, -0.15) is 13.2 Å². The number of rotatable bonds is 6. The van der Waals surface area contributed by atoms with Crippen molar-refractivity contribution in [3.63, 3.8) is 0 Å². The van der Waals surface area contributed by atoms with E-state index in [0.717, 1.165) is 17.2 Å². The number of ether oxygens (including phenoxy) is 1. The van der Waals surface area contributed by atoms with Crippen LogP contribution in [-0.4, -0.2) is 32.1 Å². The third kappa shape index (κ3) is 5.08. The highest BCUT2D eigenvalue weighted by molar-refractivity contribution is 5.35. The molecule has 0 aromatic heterocycles. The third-order valence-electron chi connectivity index (χ3n) is 3.72. The van der Waals surface area contributed by atoms with Gasteiger partial charge in [-0.15, -0.1) is 0 Å². The lowest BCUT2D eigenvalue weighted by Crippen LogP contribution is -2.20. The maximum Gasteiger partial charge on any atom is 0.416 e. The summed E-state index contributed by atoms with van der Waals surface area (Å²) in [6, 6.07) is 13.0. The average Bonchev–Trinajstić information content (AvgIpc) is 2.52. The van der Waals surface area contributed by atoms with Crippen molar-refractivity contribution in [2.24, 2.45) is 0 Å². The molecule has 0 heterocycles. The second kappa shape index (κ2) is 7.81. The van der Waals surface area contributed by atoms with Crippen molar-refractivity contribution in [3.8, 4) is 0 Å². The molecule has 0 saturated carbocycles. The summed E-state index contributed by atoms with van der Waals surface area (Å²) in [5.41, 5.74) is 1.79. The molecule has 1 atom stereocenters. The van der Waals surface area contributed by atoms with E-state index in [0.29, 0.717) is 18.7 Å². The Balaban J connectivity index is 2.32. The normalized spacial score (nSPS) is 13.3. The molecule has 2 rings (SSSR count). The first-order chi connectivity index (χ1) is 11.3. The molecule has 0 aliphatic rings. The Kier molecular flexibility index (Phi) is 6.02. The van der Waals surface area contributed by atoms with Crippen molar-refractivity contribution in [1.82, 2.24) is 4.90 Å². The van der Waals surface area contributed by atoms with E-state index in [4.69, 9.17) is 4.74 Å². The largest absolute Gasteiger partial charge is 0.416 e. The van der Waals surface area contributed by atoms with Crippen LogP contribution in [0.1, 0.15) is 28.4 Å². The molecule has 0 radical (unpaired) electrons. The van der Waals surface area contributed by atoms with Crippen LogP contribution in [0.3, 0.4) is 0 Å². The molecular formula is C19H22F3NO. The third-order valence-corrected chi connectivity index (χ3v) is 3.72.